The highest BCUT2D eigenvalue weighted by atomic mass is 35.5. The first-order valence-corrected chi connectivity index (χ1v) is 9.14. The number of amides is 2. The average molecular weight is 431 g/mol. The molecule has 0 saturated carbocycles. The van der Waals surface area contributed by atoms with E-state index in [2.05, 4.69) is 26.0 Å². The highest BCUT2D eigenvalue weighted by Gasteiger charge is 2.13. The molecule has 1 heterocycles. The van der Waals surface area contributed by atoms with Gasteiger partial charge in [0.15, 0.2) is 0 Å². The Morgan fingerprint density at radius 3 is 2.53 bits per heavy atom. The van der Waals surface area contributed by atoms with Crippen LogP contribution in [-0.2, 0) is 16.1 Å². The van der Waals surface area contributed by atoms with E-state index in [1.54, 1.807) is 36.4 Å². The van der Waals surface area contributed by atoms with Crippen LogP contribution in [0, 0.1) is 0 Å². The zero-order chi connectivity index (χ0) is 21.7. The van der Waals surface area contributed by atoms with Crippen LogP contribution in [0.4, 0.5) is 11.4 Å². The number of rotatable bonds is 7. The summed E-state index contributed by atoms with van der Waals surface area (Å²) in [5, 5.41) is 17.7. The molecule has 0 atom stereocenters. The van der Waals surface area contributed by atoms with Gasteiger partial charge in [-0.25, -0.2) is 0 Å². The number of carbonyl (C=O) groups excluding carboxylic acids is 2. The van der Waals surface area contributed by atoms with Crippen molar-refractivity contribution in [1.82, 2.24) is 20.2 Å². The molecule has 30 heavy (non-hydrogen) atoms. The van der Waals surface area contributed by atoms with E-state index in [-0.39, 0.29) is 24.2 Å². The molecule has 0 radical (unpaired) electrons. The van der Waals surface area contributed by atoms with Gasteiger partial charge in [0.2, 0.25) is 17.6 Å². The molecular formula is C19H19ClN6O4. The molecule has 10 nitrogen and oxygen atoms in total. The van der Waals surface area contributed by atoms with E-state index in [1.165, 1.54) is 21.1 Å². The van der Waals surface area contributed by atoms with E-state index in [4.69, 9.17) is 21.1 Å². The van der Waals surface area contributed by atoms with Crippen LogP contribution in [-0.4, -0.2) is 46.2 Å². The van der Waals surface area contributed by atoms with Gasteiger partial charge in [0.25, 0.3) is 0 Å². The summed E-state index contributed by atoms with van der Waals surface area (Å²) in [4.78, 5) is 24.7. The standard InChI is InChI=1S/C19H19ClN6O4/c1-11(27)21-15-6-4-12(8-14(15)20)19-23-25-26(24-19)10-18(28)22-16-9-13(29-2)5-7-17(16)30-3/h4-9H,10H2,1-3H3,(H,21,27)(H,22,28). The largest absolute Gasteiger partial charge is 0.497 e. The van der Waals surface area contributed by atoms with Gasteiger partial charge in [0.05, 0.1) is 30.6 Å². The fraction of sp³-hybridized carbons (Fsp3) is 0.211. The maximum Gasteiger partial charge on any atom is 0.248 e. The smallest absolute Gasteiger partial charge is 0.248 e. The first-order chi connectivity index (χ1) is 14.4. The number of aromatic nitrogens is 4. The zero-order valence-corrected chi connectivity index (χ0v) is 17.2. The molecule has 11 heteroatoms. The molecule has 156 valence electrons. The minimum atomic E-state index is -0.371. The lowest BCUT2D eigenvalue weighted by Crippen LogP contribution is -2.20. The van der Waals surface area contributed by atoms with E-state index < -0.39 is 0 Å². The number of carbonyl (C=O) groups is 2. The second kappa shape index (κ2) is 9.23. The number of hydrogen-bond donors (Lipinski definition) is 2. The molecule has 0 aliphatic rings. The monoisotopic (exact) mass is 430 g/mol. The Kier molecular flexibility index (Phi) is 6.48. The highest BCUT2D eigenvalue weighted by molar-refractivity contribution is 6.34. The number of hydrogen-bond acceptors (Lipinski definition) is 7. The molecule has 2 amide bonds. The van der Waals surface area contributed by atoms with E-state index in [1.807, 2.05) is 0 Å². The minimum absolute atomic E-state index is 0.162. The molecule has 0 spiro atoms. The van der Waals surface area contributed by atoms with Crippen molar-refractivity contribution in [1.29, 1.82) is 0 Å². The molecule has 1 aromatic heterocycles. The third-order valence-corrected chi connectivity index (χ3v) is 4.27. The van der Waals surface area contributed by atoms with Gasteiger partial charge in [-0.2, -0.15) is 4.80 Å². The Bertz CT molecular complexity index is 1080. The molecule has 0 unspecified atom stereocenters. The Hall–Kier alpha value is -3.66. The van der Waals surface area contributed by atoms with Crippen molar-refractivity contribution >= 4 is 34.8 Å². The van der Waals surface area contributed by atoms with Crippen LogP contribution >= 0.6 is 11.6 Å². The number of nitrogens with zero attached hydrogens (tertiary/aromatic N) is 4. The van der Waals surface area contributed by atoms with Crippen molar-refractivity contribution in [2.45, 2.75) is 13.5 Å². The quantitative estimate of drug-likeness (QED) is 0.591. The maximum absolute atomic E-state index is 12.4. The molecule has 2 N–H and O–H groups in total. The summed E-state index contributed by atoms with van der Waals surface area (Å²) in [5.74, 6) is 0.757. The summed E-state index contributed by atoms with van der Waals surface area (Å²) in [6.07, 6.45) is 0. The SMILES string of the molecule is COc1ccc(OC)c(NC(=O)Cn2nnc(-c3ccc(NC(C)=O)c(Cl)c3)n2)c1. The topological polar surface area (TPSA) is 120 Å². The van der Waals surface area contributed by atoms with Crippen LogP contribution in [0.2, 0.25) is 5.02 Å². The van der Waals surface area contributed by atoms with Gasteiger partial charge in [0, 0.05) is 18.6 Å². The van der Waals surface area contributed by atoms with Gasteiger partial charge in [-0.15, -0.1) is 10.2 Å². The van der Waals surface area contributed by atoms with Crippen molar-refractivity contribution in [3.8, 4) is 22.9 Å². The molecule has 0 bridgehead atoms. The number of methoxy groups -OCH3 is 2. The van der Waals surface area contributed by atoms with Crippen LogP contribution in [0.5, 0.6) is 11.5 Å². The van der Waals surface area contributed by atoms with Gasteiger partial charge in [-0.1, -0.05) is 11.6 Å². The highest BCUT2D eigenvalue weighted by Crippen LogP contribution is 2.29. The molecule has 0 aliphatic carbocycles. The predicted octanol–water partition coefficient (Wildman–Crippen LogP) is 2.61. The van der Waals surface area contributed by atoms with Crippen LogP contribution in [0.25, 0.3) is 11.4 Å². The molecule has 3 rings (SSSR count). The average Bonchev–Trinajstić information content (AvgIpc) is 3.17. The maximum atomic E-state index is 12.4. The second-order valence-corrected chi connectivity index (χ2v) is 6.54. The normalized spacial score (nSPS) is 10.4. The lowest BCUT2D eigenvalue weighted by molar-refractivity contribution is -0.117. The number of anilines is 2. The van der Waals surface area contributed by atoms with E-state index in [0.717, 1.165) is 4.80 Å². The Balaban J connectivity index is 1.71. The summed E-state index contributed by atoms with van der Waals surface area (Å²) >= 11 is 6.17. The van der Waals surface area contributed by atoms with E-state index >= 15 is 0 Å². The zero-order valence-electron chi connectivity index (χ0n) is 16.5. The second-order valence-electron chi connectivity index (χ2n) is 6.13. The van der Waals surface area contributed by atoms with Crippen LogP contribution in [0.15, 0.2) is 36.4 Å². The Morgan fingerprint density at radius 1 is 1.07 bits per heavy atom. The fourth-order valence-electron chi connectivity index (χ4n) is 2.60. The third-order valence-electron chi connectivity index (χ3n) is 3.96. The first kappa shape index (κ1) is 21.1. The number of tetrazole rings is 1. The van der Waals surface area contributed by atoms with Crippen LogP contribution in [0.3, 0.4) is 0 Å². The van der Waals surface area contributed by atoms with Crippen molar-refractivity contribution < 1.29 is 19.1 Å². The lowest BCUT2D eigenvalue weighted by Gasteiger charge is -2.11. The van der Waals surface area contributed by atoms with Gasteiger partial charge in [-0.3, -0.25) is 9.59 Å². The summed E-state index contributed by atoms with van der Waals surface area (Å²) < 4.78 is 10.4. The first-order valence-electron chi connectivity index (χ1n) is 8.77. The van der Waals surface area contributed by atoms with Crippen molar-refractivity contribution in [3.63, 3.8) is 0 Å². The van der Waals surface area contributed by atoms with E-state index in [0.29, 0.717) is 33.5 Å². The van der Waals surface area contributed by atoms with Crippen molar-refractivity contribution in [3.05, 3.63) is 41.4 Å². The van der Waals surface area contributed by atoms with Gasteiger partial charge >= 0.3 is 0 Å². The van der Waals surface area contributed by atoms with E-state index in [9.17, 15) is 9.59 Å². The summed E-state index contributed by atoms with van der Waals surface area (Å²) in [6, 6.07) is 10.0. The predicted molar refractivity (Wildman–Crippen MR) is 111 cm³/mol. The molecule has 2 aromatic carbocycles. The Labute approximate surface area is 177 Å². The third kappa shape index (κ3) is 5.03. The summed E-state index contributed by atoms with van der Waals surface area (Å²) in [7, 11) is 3.04. The minimum Gasteiger partial charge on any atom is -0.497 e. The number of nitrogens with one attached hydrogen (secondary N) is 2. The fourth-order valence-corrected chi connectivity index (χ4v) is 2.83. The molecule has 3 aromatic rings. The van der Waals surface area contributed by atoms with Crippen molar-refractivity contribution in [2.75, 3.05) is 24.9 Å². The molecular weight excluding hydrogens is 412 g/mol. The molecule has 0 aliphatic heterocycles. The number of benzene rings is 2. The van der Waals surface area contributed by atoms with Gasteiger partial charge in [0.1, 0.15) is 18.0 Å². The Morgan fingerprint density at radius 2 is 1.87 bits per heavy atom. The number of ether oxygens (including phenoxy) is 2. The van der Waals surface area contributed by atoms with Gasteiger partial charge in [-0.05, 0) is 35.5 Å². The molecule has 0 saturated heterocycles. The van der Waals surface area contributed by atoms with Crippen LogP contribution in [0.1, 0.15) is 6.92 Å². The summed E-state index contributed by atoms with van der Waals surface area (Å²) in [5.41, 5.74) is 1.53. The number of halogens is 1. The molecule has 0 fully saturated rings. The van der Waals surface area contributed by atoms with Crippen LogP contribution < -0.4 is 20.1 Å². The summed E-state index contributed by atoms with van der Waals surface area (Å²) in [6.45, 7) is 1.23. The van der Waals surface area contributed by atoms with Crippen molar-refractivity contribution in [2.24, 2.45) is 0 Å². The van der Waals surface area contributed by atoms with Gasteiger partial charge < -0.3 is 20.1 Å². The lowest BCUT2D eigenvalue weighted by atomic mass is 10.2.